The fourth-order valence-electron chi connectivity index (χ4n) is 2.08. The fourth-order valence-corrected chi connectivity index (χ4v) is 2.08. The van der Waals surface area contributed by atoms with Crippen LogP contribution in [0.4, 0.5) is 5.69 Å². The predicted octanol–water partition coefficient (Wildman–Crippen LogP) is 0.664. The first kappa shape index (κ1) is 12.8. The molecule has 1 aliphatic rings. The smallest absolute Gasteiger partial charge is 0.253 e. The fraction of sp³-hybridized carbons (Fsp3) is 0.500. The number of ether oxygens (including phenoxy) is 1. The summed E-state index contributed by atoms with van der Waals surface area (Å²) in [5.74, 6) is 5.17. The van der Waals surface area contributed by atoms with Gasteiger partial charge in [-0.05, 0) is 25.8 Å². The van der Waals surface area contributed by atoms with Gasteiger partial charge in [-0.15, -0.1) is 0 Å². The van der Waals surface area contributed by atoms with Crippen molar-refractivity contribution in [1.29, 1.82) is 0 Å². The summed E-state index contributed by atoms with van der Waals surface area (Å²) in [6.07, 6.45) is 5.22. The molecule has 2 heterocycles. The Morgan fingerprint density at radius 3 is 3.17 bits per heavy atom. The van der Waals surface area contributed by atoms with E-state index in [1.54, 1.807) is 12.3 Å². The highest BCUT2D eigenvalue weighted by molar-refractivity contribution is 5.99. The van der Waals surface area contributed by atoms with Crippen molar-refractivity contribution in [1.82, 2.24) is 10.3 Å². The molecule has 4 N–H and O–H groups in total. The zero-order valence-electron chi connectivity index (χ0n) is 10.3. The van der Waals surface area contributed by atoms with Crippen LogP contribution in [-0.4, -0.2) is 29.6 Å². The Labute approximate surface area is 106 Å². The number of carbonyl (C=O) groups excluding carboxylic acids is 1. The molecule has 1 aromatic rings. The Balaban J connectivity index is 2.02. The van der Waals surface area contributed by atoms with E-state index >= 15 is 0 Å². The number of carbonyl (C=O) groups is 1. The van der Waals surface area contributed by atoms with Gasteiger partial charge < -0.3 is 15.5 Å². The topological polar surface area (TPSA) is 89.3 Å². The second-order valence-electron chi connectivity index (χ2n) is 4.38. The van der Waals surface area contributed by atoms with Gasteiger partial charge in [-0.2, -0.15) is 0 Å². The summed E-state index contributed by atoms with van der Waals surface area (Å²) in [7, 11) is 0. The summed E-state index contributed by atoms with van der Waals surface area (Å²) in [4.78, 5) is 16.0. The van der Waals surface area contributed by atoms with Gasteiger partial charge >= 0.3 is 0 Å². The monoisotopic (exact) mass is 250 g/mol. The number of nitrogen functional groups attached to an aromatic ring is 1. The lowest BCUT2D eigenvalue weighted by Gasteiger charge is -2.20. The van der Waals surface area contributed by atoms with Gasteiger partial charge in [-0.25, -0.2) is 0 Å². The number of hydrogen-bond donors (Lipinski definition) is 3. The Hall–Kier alpha value is -1.66. The second kappa shape index (κ2) is 5.79. The van der Waals surface area contributed by atoms with Gasteiger partial charge in [0.2, 0.25) is 0 Å². The van der Waals surface area contributed by atoms with Crippen LogP contribution in [-0.2, 0) is 4.74 Å². The van der Waals surface area contributed by atoms with Crippen LogP contribution in [0.25, 0.3) is 0 Å². The van der Waals surface area contributed by atoms with Gasteiger partial charge in [0.25, 0.3) is 5.91 Å². The van der Waals surface area contributed by atoms with Crippen molar-refractivity contribution < 1.29 is 9.53 Å². The molecule has 0 aromatic carbocycles. The van der Waals surface area contributed by atoms with Crippen molar-refractivity contribution in [3.8, 4) is 0 Å². The first-order chi connectivity index (χ1) is 8.72. The van der Waals surface area contributed by atoms with Crippen LogP contribution in [0.3, 0.4) is 0 Å². The van der Waals surface area contributed by atoms with E-state index in [1.807, 2.05) is 6.92 Å². The standard InChI is InChI=1S/C12H18N4O2/c1-8(11-3-2-6-18-11)15-12(17)9-4-5-14-7-10(9)16-13/h4-5,7-8,11,16H,2-3,6,13H2,1H3,(H,15,17). The number of nitrogens with zero attached hydrogens (tertiary/aromatic N) is 1. The number of amides is 1. The molecule has 1 aromatic heterocycles. The van der Waals surface area contributed by atoms with E-state index in [4.69, 9.17) is 10.6 Å². The van der Waals surface area contributed by atoms with Crippen molar-refractivity contribution in [3.63, 3.8) is 0 Å². The molecule has 2 unspecified atom stereocenters. The van der Waals surface area contributed by atoms with Gasteiger partial charge in [-0.3, -0.25) is 15.6 Å². The van der Waals surface area contributed by atoms with Crippen molar-refractivity contribution in [3.05, 3.63) is 24.0 Å². The van der Waals surface area contributed by atoms with Crippen LogP contribution in [0.2, 0.25) is 0 Å². The molecule has 0 aliphatic carbocycles. The van der Waals surface area contributed by atoms with Crippen LogP contribution < -0.4 is 16.6 Å². The normalized spacial score (nSPS) is 20.4. The minimum absolute atomic E-state index is 0.0150. The van der Waals surface area contributed by atoms with Gasteiger partial charge in [0, 0.05) is 12.8 Å². The number of hydrazine groups is 1. The zero-order chi connectivity index (χ0) is 13.0. The van der Waals surface area contributed by atoms with Crippen molar-refractivity contribution in [2.24, 2.45) is 5.84 Å². The Morgan fingerprint density at radius 2 is 2.50 bits per heavy atom. The number of rotatable bonds is 4. The molecule has 6 heteroatoms. The molecule has 2 rings (SSSR count). The molecular formula is C12H18N4O2. The molecule has 0 spiro atoms. The molecule has 1 amide bonds. The van der Waals surface area contributed by atoms with Crippen LogP contribution in [0.5, 0.6) is 0 Å². The molecule has 0 saturated carbocycles. The minimum Gasteiger partial charge on any atom is -0.376 e. The van der Waals surface area contributed by atoms with E-state index in [2.05, 4.69) is 15.7 Å². The van der Waals surface area contributed by atoms with Gasteiger partial charge in [0.1, 0.15) is 0 Å². The third-order valence-electron chi connectivity index (χ3n) is 3.10. The van der Waals surface area contributed by atoms with Gasteiger partial charge in [0.15, 0.2) is 0 Å². The summed E-state index contributed by atoms with van der Waals surface area (Å²) in [5.41, 5.74) is 3.46. The van der Waals surface area contributed by atoms with E-state index in [-0.39, 0.29) is 18.1 Å². The molecule has 0 radical (unpaired) electrons. The van der Waals surface area contributed by atoms with E-state index < -0.39 is 0 Å². The third-order valence-corrected chi connectivity index (χ3v) is 3.10. The number of nitrogens with one attached hydrogen (secondary N) is 2. The summed E-state index contributed by atoms with van der Waals surface area (Å²) in [6.45, 7) is 2.72. The molecule has 98 valence electrons. The molecule has 1 fully saturated rings. The van der Waals surface area contributed by atoms with Crippen molar-refractivity contribution in [2.45, 2.75) is 31.9 Å². The Bertz CT molecular complexity index is 418. The SMILES string of the molecule is CC(NC(=O)c1ccncc1NN)C1CCCO1. The van der Waals surface area contributed by atoms with Crippen LogP contribution >= 0.6 is 0 Å². The summed E-state index contributed by atoms with van der Waals surface area (Å²) >= 11 is 0. The number of hydrogen-bond acceptors (Lipinski definition) is 5. The lowest BCUT2D eigenvalue weighted by atomic mass is 10.1. The van der Waals surface area contributed by atoms with Crippen LogP contribution in [0, 0.1) is 0 Å². The highest BCUT2D eigenvalue weighted by Gasteiger charge is 2.24. The molecule has 1 saturated heterocycles. The van der Waals surface area contributed by atoms with Gasteiger partial charge in [-0.1, -0.05) is 0 Å². The average Bonchev–Trinajstić information content (AvgIpc) is 2.92. The van der Waals surface area contributed by atoms with Gasteiger partial charge in [0.05, 0.1) is 29.6 Å². The molecule has 2 atom stereocenters. The first-order valence-corrected chi connectivity index (χ1v) is 6.05. The Kier molecular flexibility index (Phi) is 4.11. The minimum atomic E-state index is -0.173. The van der Waals surface area contributed by atoms with Crippen molar-refractivity contribution in [2.75, 3.05) is 12.0 Å². The van der Waals surface area contributed by atoms with Crippen molar-refractivity contribution >= 4 is 11.6 Å². The lowest BCUT2D eigenvalue weighted by molar-refractivity contribution is 0.0713. The summed E-state index contributed by atoms with van der Waals surface area (Å²) in [6, 6.07) is 1.62. The van der Waals surface area contributed by atoms with E-state index in [1.165, 1.54) is 6.20 Å². The zero-order valence-corrected chi connectivity index (χ0v) is 10.3. The summed E-state index contributed by atoms with van der Waals surface area (Å²) < 4.78 is 5.54. The summed E-state index contributed by atoms with van der Waals surface area (Å²) in [5, 5.41) is 2.93. The first-order valence-electron chi connectivity index (χ1n) is 6.05. The molecule has 1 aliphatic heterocycles. The quantitative estimate of drug-likeness (QED) is 0.539. The average molecular weight is 250 g/mol. The highest BCUT2D eigenvalue weighted by Crippen LogP contribution is 2.17. The molecular weight excluding hydrogens is 232 g/mol. The number of pyridine rings is 1. The number of nitrogens with two attached hydrogens (primary N) is 1. The molecule has 18 heavy (non-hydrogen) atoms. The third kappa shape index (κ3) is 2.77. The molecule has 6 nitrogen and oxygen atoms in total. The highest BCUT2D eigenvalue weighted by atomic mass is 16.5. The maximum absolute atomic E-state index is 12.1. The van der Waals surface area contributed by atoms with E-state index in [0.717, 1.165) is 19.4 Å². The predicted molar refractivity (Wildman–Crippen MR) is 67.9 cm³/mol. The van der Waals surface area contributed by atoms with Crippen LogP contribution in [0.1, 0.15) is 30.1 Å². The van der Waals surface area contributed by atoms with E-state index in [0.29, 0.717) is 11.3 Å². The number of aromatic nitrogens is 1. The largest absolute Gasteiger partial charge is 0.376 e. The second-order valence-corrected chi connectivity index (χ2v) is 4.38. The number of anilines is 1. The molecule has 0 bridgehead atoms. The Morgan fingerprint density at radius 1 is 1.67 bits per heavy atom. The lowest BCUT2D eigenvalue weighted by Crippen LogP contribution is -2.41. The maximum atomic E-state index is 12.1. The van der Waals surface area contributed by atoms with Crippen LogP contribution in [0.15, 0.2) is 18.5 Å². The maximum Gasteiger partial charge on any atom is 0.253 e. The van der Waals surface area contributed by atoms with E-state index in [9.17, 15) is 4.79 Å².